The van der Waals surface area contributed by atoms with Gasteiger partial charge in [0.2, 0.25) is 0 Å². The minimum absolute atomic E-state index is 0.177. The Balaban J connectivity index is 2.05. The second kappa shape index (κ2) is 4.43. The first-order valence-corrected chi connectivity index (χ1v) is 8.03. The van der Waals surface area contributed by atoms with Gasteiger partial charge < -0.3 is 0 Å². The second-order valence-electron chi connectivity index (χ2n) is 4.13. The van der Waals surface area contributed by atoms with Crippen LogP contribution in [0.1, 0.15) is 23.5 Å². The van der Waals surface area contributed by atoms with E-state index in [1.54, 1.807) is 30.5 Å². The second-order valence-corrected chi connectivity index (χ2v) is 6.70. The Hall–Kier alpha value is -1.73. The summed E-state index contributed by atoms with van der Waals surface area (Å²) in [6.45, 7) is 1.89. The average Bonchev–Trinajstić information content (AvgIpc) is 2.98. The van der Waals surface area contributed by atoms with Crippen LogP contribution in [0.15, 0.2) is 45.7 Å². The molecule has 3 rings (SSSR count). The van der Waals surface area contributed by atoms with Crippen LogP contribution in [0.2, 0.25) is 0 Å². The summed E-state index contributed by atoms with van der Waals surface area (Å²) in [6, 6.07) is 6.65. The van der Waals surface area contributed by atoms with Gasteiger partial charge in [0.1, 0.15) is 16.9 Å². The first-order chi connectivity index (χ1) is 9.08. The van der Waals surface area contributed by atoms with Crippen molar-refractivity contribution in [1.29, 1.82) is 0 Å². The lowest BCUT2D eigenvalue weighted by atomic mass is 10.2. The van der Waals surface area contributed by atoms with Crippen molar-refractivity contribution in [3.63, 3.8) is 0 Å². The molecule has 7 heteroatoms. The molecule has 98 valence electrons. The number of aliphatic imine (C=N–C) groups is 1. The number of amidine groups is 1. The van der Waals surface area contributed by atoms with Crippen LogP contribution in [0.5, 0.6) is 0 Å². The summed E-state index contributed by atoms with van der Waals surface area (Å²) < 4.78 is 26.3. The summed E-state index contributed by atoms with van der Waals surface area (Å²) in [5.74, 6) is 0.387. The molecule has 1 aromatic carbocycles. The van der Waals surface area contributed by atoms with Gasteiger partial charge in [-0.3, -0.25) is 9.71 Å². The van der Waals surface area contributed by atoms with Gasteiger partial charge in [0.15, 0.2) is 0 Å². The lowest BCUT2D eigenvalue weighted by molar-refractivity contribution is 0.595. The maximum absolute atomic E-state index is 11.9. The summed E-state index contributed by atoms with van der Waals surface area (Å²) in [6.07, 6.45) is 1.71. The van der Waals surface area contributed by atoms with Gasteiger partial charge in [0.05, 0.1) is 4.90 Å². The van der Waals surface area contributed by atoms with Crippen molar-refractivity contribution in [3.05, 3.63) is 46.4 Å². The SMILES string of the molecule is CC(N=C1NS(=O)(=O)c2ccccc21)c1nccs1. The van der Waals surface area contributed by atoms with Crippen LogP contribution in [0.4, 0.5) is 0 Å². The van der Waals surface area contributed by atoms with E-state index in [1.165, 1.54) is 11.3 Å². The van der Waals surface area contributed by atoms with E-state index in [2.05, 4.69) is 14.7 Å². The van der Waals surface area contributed by atoms with Crippen molar-refractivity contribution in [2.75, 3.05) is 0 Å². The number of aromatic nitrogens is 1. The van der Waals surface area contributed by atoms with Crippen LogP contribution in [0.25, 0.3) is 0 Å². The molecule has 2 heterocycles. The van der Waals surface area contributed by atoms with E-state index in [0.29, 0.717) is 11.4 Å². The van der Waals surface area contributed by atoms with Crippen LogP contribution in [0.3, 0.4) is 0 Å². The molecule has 1 atom stereocenters. The van der Waals surface area contributed by atoms with E-state index in [0.717, 1.165) is 5.01 Å². The van der Waals surface area contributed by atoms with Crippen molar-refractivity contribution >= 4 is 27.2 Å². The Labute approximate surface area is 115 Å². The fourth-order valence-corrected chi connectivity index (χ4v) is 3.79. The number of nitrogens with one attached hydrogen (secondary N) is 1. The third-order valence-electron chi connectivity index (χ3n) is 2.79. The molecular formula is C12H11N3O2S2. The van der Waals surface area contributed by atoms with E-state index in [-0.39, 0.29) is 10.9 Å². The molecule has 0 amide bonds. The topological polar surface area (TPSA) is 71.4 Å². The minimum atomic E-state index is -3.47. The van der Waals surface area contributed by atoms with Gasteiger partial charge in [-0.1, -0.05) is 12.1 Å². The number of hydrogen-bond donors (Lipinski definition) is 1. The number of thiazole rings is 1. The Kier molecular flexibility index (Phi) is 2.87. The number of sulfonamides is 1. The Morgan fingerprint density at radius 2 is 2.16 bits per heavy atom. The monoisotopic (exact) mass is 293 g/mol. The molecule has 0 spiro atoms. The lowest BCUT2D eigenvalue weighted by Crippen LogP contribution is -2.22. The summed E-state index contributed by atoms with van der Waals surface area (Å²) in [4.78, 5) is 8.89. The van der Waals surface area contributed by atoms with Gasteiger partial charge >= 0.3 is 0 Å². The Bertz CT molecular complexity index is 736. The minimum Gasteiger partial charge on any atom is -0.263 e. The van der Waals surface area contributed by atoms with E-state index in [4.69, 9.17) is 0 Å². The molecule has 2 aromatic rings. The lowest BCUT2D eigenvalue weighted by Gasteiger charge is -2.04. The molecule has 5 nitrogen and oxygen atoms in total. The summed E-state index contributed by atoms with van der Waals surface area (Å²) in [5.41, 5.74) is 0.617. The standard InChI is InChI=1S/C12H11N3O2S2/c1-8(12-13-6-7-18-12)14-11-9-4-2-3-5-10(9)19(16,17)15-11/h2-8H,1H3,(H,14,15). The van der Waals surface area contributed by atoms with E-state index >= 15 is 0 Å². The van der Waals surface area contributed by atoms with Gasteiger partial charge in [0.25, 0.3) is 10.0 Å². The highest BCUT2D eigenvalue weighted by Crippen LogP contribution is 2.25. The van der Waals surface area contributed by atoms with Crippen LogP contribution in [0, 0.1) is 0 Å². The van der Waals surface area contributed by atoms with Gasteiger partial charge in [-0.25, -0.2) is 13.4 Å². The molecule has 1 aliphatic rings. The number of nitrogens with zero attached hydrogens (tertiary/aromatic N) is 2. The molecule has 0 saturated heterocycles. The maximum Gasteiger partial charge on any atom is 0.263 e. The van der Waals surface area contributed by atoms with Crippen molar-refractivity contribution in [3.8, 4) is 0 Å². The predicted molar refractivity (Wildman–Crippen MR) is 73.8 cm³/mol. The fourth-order valence-electron chi connectivity index (χ4n) is 1.92. The molecule has 1 N–H and O–H groups in total. The van der Waals surface area contributed by atoms with Crippen LogP contribution in [-0.2, 0) is 10.0 Å². The van der Waals surface area contributed by atoms with Crippen LogP contribution in [-0.4, -0.2) is 19.2 Å². The first-order valence-electron chi connectivity index (χ1n) is 5.67. The van der Waals surface area contributed by atoms with Crippen molar-refractivity contribution in [2.45, 2.75) is 17.9 Å². The highest BCUT2D eigenvalue weighted by Gasteiger charge is 2.30. The fraction of sp³-hybridized carbons (Fsp3) is 0.167. The molecule has 1 unspecified atom stereocenters. The molecule has 0 aliphatic carbocycles. The largest absolute Gasteiger partial charge is 0.263 e. The third-order valence-corrected chi connectivity index (χ3v) is 5.14. The number of rotatable bonds is 2. The molecule has 1 aromatic heterocycles. The zero-order valence-corrected chi connectivity index (χ0v) is 11.7. The van der Waals surface area contributed by atoms with Crippen molar-refractivity contribution in [1.82, 2.24) is 9.71 Å². The zero-order chi connectivity index (χ0) is 13.5. The van der Waals surface area contributed by atoms with Crippen molar-refractivity contribution < 1.29 is 8.42 Å². The Morgan fingerprint density at radius 3 is 2.89 bits per heavy atom. The maximum atomic E-state index is 11.9. The third kappa shape index (κ3) is 2.15. The summed E-state index contributed by atoms with van der Waals surface area (Å²) in [5, 5.41) is 2.73. The first kappa shape index (κ1) is 12.3. The smallest absolute Gasteiger partial charge is 0.263 e. The molecular weight excluding hydrogens is 282 g/mol. The quantitative estimate of drug-likeness (QED) is 0.919. The summed E-state index contributed by atoms with van der Waals surface area (Å²) >= 11 is 1.50. The predicted octanol–water partition coefficient (Wildman–Crippen LogP) is 1.94. The van der Waals surface area contributed by atoms with Gasteiger partial charge in [0, 0.05) is 17.1 Å². The van der Waals surface area contributed by atoms with E-state index in [1.807, 2.05) is 12.3 Å². The normalized spacial score (nSPS) is 19.9. The van der Waals surface area contributed by atoms with Crippen LogP contribution >= 0.6 is 11.3 Å². The number of benzene rings is 1. The van der Waals surface area contributed by atoms with Gasteiger partial charge in [-0.15, -0.1) is 11.3 Å². The van der Waals surface area contributed by atoms with E-state index in [9.17, 15) is 8.42 Å². The highest BCUT2D eigenvalue weighted by molar-refractivity contribution is 7.90. The van der Waals surface area contributed by atoms with Crippen molar-refractivity contribution in [2.24, 2.45) is 4.99 Å². The summed E-state index contributed by atoms with van der Waals surface area (Å²) in [7, 11) is -3.47. The van der Waals surface area contributed by atoms with E-state index < -0.39 is 10.0 Å². The number of fused-ring (bicyclic) bond motifs is 1. The molecule has 19 heavy (non-hydrogen) atoms. The zero-order valence-electron chi connectivity index (χ0n) is 10.1. The molecule has 0 bridgehead atoms. The average molecular weight is 293 g/mol. The highest BCUT2D eigenvalue weighted by atomic mass is 32.2. The molecule has 0 fully saturated rings. The van der Waals surface area contributed by atoms with Crippen LogP contribution < -0.4 is 4.72 Å². The van der Waals surface area contributed by atoms with Gasteiger partial charge in [-0.05, 0) is 19.1 Å². The molecule has 1 aliphatic heterocycles. The molecule has 0 saturated carbocycles. The van der Waals surface area contributed by atoms with Gasteiger partial charge in [-0.2, -0.15) is 0 Å². The number of hydrogen-bond acceptors (Lipinski definition) is 5. The molecule has 0 radical (unpaired) electrons. The Morgan fingerprint density at radius 1 is 1.37 bits per heavy atom.